The molecule has 0 spiro atoms. The van der Waals surface area contributed by atoms with Gasteiger partial charge in [-0.15, -0.1) is 0 Å². The second-order valence-corrected chi connectivity index (χ2v) is 24.0. The highest BCUT2D eigenvalue weighted by atomic mass is 16.5. The zero-order valence-electron chi connectivity index (χ0n) is 50.7. The van der Waals surface area contributed by atoms with Gasteiger partial charge in [0.15, 0.2) is 0 Å². The van der Waals surface area contributed by atoms with E-state index < -0.39 is 0 Å². The Morgan fingerprint density at radius 2 is 0.753 bits per heavy atom. The van der Waals surface area contributed by atoms with E-state index in [2.05, 4.69) is 49.3 Å². The summed E-state index contributed by atoms with van der Waals surface area (Å²) < 4.78 is 5.55. The van der Waals surface area contributed by atoms with Crippen LogP contribution in [0.4, 0.5) is 0 Å². The summed E-state index contributed by atoms with van der Waals surface area (Å²) in [5.74, 6) is 1.76. The smallest absolute Gasteiger partial charge is 0.305 e. The van der Waals surface area contributed by atoms with Crippen molar-refractivity contribution in [3.8, 4) is 0 Å². The van der Waals surface area contributed by atoms with Crippen molar-refractivity contribution in [2.75, 3.05) is 59.0 Å². The summed E-state index contributed by atoms with van der Waals surface area (Å²) in [6, 6.07) is 0. The number of unbranched alkanes of at least 4 members (excludes halogenated alkanes) is 35. The molecule has 0 aromatic carbocycles. The number of likely N-dealkylation sites (tertiary alicyclic amines) is 1. The molecule has 0 aromatic heterocycles. The van der Waals surface area contributed by atoms with Gasteiger partial charge in [0.05, 0.1) is 6.61 Å². The van der Waals surface area contributed by atoms with Gasteiger partial charge in [-0.2, -0.15) is 0 Å². The number of amides is 1. The molecule has 1 aliphatic rings. The van der Waals surface area contributed by atoms with Gasteiger partial charge in [0.25, 0.3) is 0 Å². The van der Waals surface area contributed by atoms with Crippen LogP contribution in [-0.2, 0) is 14.3 Å². The second kappa shape index (κ2) is 55.6. The monoisotopic (exact) mass is 1030 g/mol. The molecule has 1 aliphatic heterocycles. The lowest BCUT2D eigenvalue weighted by molar-refractivity contribution is -0.144. The SMILES string of the molecule is CCCCCCCCCCCCCCN(CCCCCC(=O)OCCCCCCC)CCC1CCN(C(=O)CCC(CCCCCCCCC)CCCN(CCCCCCCCC)CCCCCCCCC)C1. The van der Waals surface area contributed by atoms with Crippen molar-refractivity contribution < 1.29 is 14.3 Å². The van der Waals surface area contributed by atoms with Crippen LogP contribution in [0.25, 0.3) is 0 Å². The molecule has 0 radical (unpaired) electrons. The summed E-state index contributed by atoms with van der Waals surface area (Å²) in [5, 5.41) is 0. The molecule has 73 heavy (non-hydrogen) atoms. The predicted octanol–water partition coefficient (Wildman–Crippen LogP) is 20.4. The van der Waals surface area contributed by atoms with Crippen molar-refractivity contribution >= 4 is 11.9 Å². The van der Waals surface area contributed by atoms with Crippen LogP contribution in [0.3, 0.4) is 0 Å². The van der Waals surface area contributed by atoms with Gasteiger partial charge in [0.2, 0.25) is 5.91 Å². The minimum absolute atomic E-state index is 0.00195. The molecular formula is C67H133N3O3. The first-order valence-corrected chi connectivity index (χ1v) is 33.8. The minimum atomic E-state index is -0.00195. The number of carbonyl (C=O) groups is 2. The Morgan fingerprint density at radius 3 is 1.21 bits per heavy atom. The third-order valence-electron chi connectivity index (χ3n) is 16.9. The summed E-state index contributed by atoms with van der Waals surface area (Å²) in [6.07, 6.45) is 63.7. The highest BCUT2D eigenvalue weighted by molar-refractivity contribution is 5.76. The fourth-order valence-corrected chi connectivity index (χ4v) is 11.7. The number of hydrogen-bond acceptors (Lipinski definition) is 5. The van der Waals surface area contributed by atoms with Gasteiger partial charge in [-0.05, 0) is 122 Å². The topological polar surface area (TPSA) is 53.1 Å². The molecule has 1 rings (SSSR count). The van der Waals surface area contributed by atoms with Crippen molar-refractivity contribution in [3.05, 3.63) is 0 Å². The maximum atomic E-state index is 13.9. The molecule has 1 heterocycles. The number of carbonyl (C=O) groups excluding carboxylic acids is 2. The summed E-state index contributed by atoms with van der Waals surface area (Å²) >= 11 is 0. The fourth-order valence-electron chi connectivity index (χ4n) is 11.7. The van der Waals surface area contributed by atoms with Crippen LogP contribution in [0.2, 0.25) is 0 Å². The average molecular weight is 1030 g/mol. The Balaban J connectivity index is 2.69. The van der Waals surface area contributed by atoms with E-state index in [4.69, 9.17) is 4.74 Å². The van der Waals surface area contributed by atoms with Crippen molar-refractivity contribution in [2.45, 2.75) is 349 Å². The van der Waals surface area contributed by atoms with Crippen LogP contribution in [0, 0.1) is 11.8 Å². The normalized spacial score (nSPS) is 14.3. The van der Waals surface area contributed by atoms with Gasteiger partial charge in [-0.3, -0.25) is 9.59 Å². The molecular weight excluding hydrogens is 895 g/mol. The Labute approximate surface area is 459 Å². The van der Waals surface area contributed by atoms with Crippen LogP contribution in [-0.4, -0.2) is 85.5 Å². The van der Waals surface area contributed by atoms with E-state index in [1.807, 2.05) is 0 Å². The van der Waals surface area contributed by atoms with Crippen molar-refractivity contribution in [2.24, 2.45) is 11.8 Å². The maximum absolute atomic E-state index is 13.9. The van der Waals surface area contributed by atoms with E-state index in [0.717, 1.165) is 64.7 Å². The molecule has 1 saturated heterocycles. The minimum Gasteiger partial charge on any atom is -0.466 e. The van der Waals surface area contributed by atoms with Crippen LogP contribution in [0.1, 0.15) is 349 Å². The number of rotatable bonds is 59. The van der Waals surface area contributed by atoms with Crippen LogP contribution >= 0.6 is 0 Å². The third kappa shape index (κ3) is 46.7. The highest BCUT2D eigenvalue weighted by Gasteiger charge is 2.27. The maximum Gasteiger partial charge on any atom is 0.305 e. The standard InChI is InChI=1S/C67H133N3O3/c1-6-11-16-21-25-26-27-28-29-33-37-44-57-69(58-45-39-41-50-67(72)73-62-46-38-20-15-10-5)60-53-65-54-61-70(63-65)66(71)52-51-64(48-40-34-30-22-17-12-7-2)49-47-59-68(55-42-35-31-23-18-13-8-3)56-43-36-32-24-19-14-9-4/h64-65H,6-63H2,1-5H3. The first kappa shape index (κ1) is 69.9. The first-order chi connectivity index (χ1) is 36.0. The zero-order chi connectivity index (χ0) is 52.8. The average Bonchev–Trinajstić information content (AvgIpc) is 3.88. The molecule has 434 valence electrons. The lowest BCUT2D eigenvalue weighted by atomic mass is 9.91. The number of ether oxygens (including phenoxy) is 1. The van der Waals surface area contributed by atoms with Crippen LogP contribution in [0.5, 0.6) is 0 Å². The Bertz CT molecular complexity index is 1120. The van der Waals surface area contributed by atoms with Gasteiger partial charge in [-0.25, -0.2) is 0 Å². The van der Waals surface area contributed by atoms with Crippen molar-refractivity contribution in [3.63, 3.8) is 0 Å². The lowest BCUT2D eigenvalue weighted by Gasteiger charge is -2.25. The molecule has 2 atom stereocenters. The molecule has 2 unspecified atom stereocenters. The number of nitrogens with zero attached hydrogens (tertiary/aromatic N) is 3. The number of esters is 1. The van der Waals surface area contributed by atoms with Gasteiger partial charge in [0, 0.05) is 25.9 Å². The second-order valence-electron chi connectivity index (χ2n) is 24.0. The molecule has 0 aliphatic carbocycles. The molecule has 6 nitrogen and oxygen atoms in total. The van der Waals surface area contributed by atoms with E-state index in [1.165, 1.54) is 296 Å². The Hall–Kier alpha value is -1.14. The van der Waals surface area contributed by atoms with Crippen LogP contribution in [0.15, 0.2) is 0 Å². The highest BCUT2D eigenvalue weighted by Crippen LogP contribution is 2.26. The van der Waals surface area contributed by atoms with E-state index in [-0.39, 0.29) is 5.97 Å². The van der Waals surface area contributed by atoms with Gasteiger partial charge in [-0.1, -0.05) is 266 Å². The largest absolute Gasteiger partial charge is 0.466 e. The quantitative estimate of drug-likeness (QED) is 0.0449. The van der Waals surface area contributed by atoms with E-state index in [9.17, 15) is 9.59 Å². The van der Waals surface area contributed by atoms with Gasteiger partial charge in [0.1, 0.15) is 0 Å². The number of hydrogen-bond donors (Lipinski definition) is 0. The van der Waals surface area contributed by atoms with Crippen molar-refractivity contribution in [1.29, 1.82) is 0 Å². The fraction of sp³-hybridized carbons (Fsp3) is 0.970. The molecule has 0 saturated carbocycles. The van der Waals surface area contributed by atoms with Crippen LogP contribution < -0.4 is 0 Å². The lowest BCUT2D eigenvalue weighted by Crippen LogP contribution is -2.31. The molecule has 0 aromatic rings. The Morgan fingerprint density at radius 1 is 0.397 bits per heavy atom. The first-order valence-electron chi connectivity index (χ1n) is 33.8. The van der Waals surface area contributed by atoms with E-state index in [0.29, 0.717) is 30.8 Å². The summed E-state index contributed by atoms with van der Waals surface area (Å²) in [4.78, 5) is 34.2. The molecule has 1 fully saturated rings. The summed E-state index contributed by atoms with van der Waals surface area (Å²) in [6.45, 7) is 21.4. The molecule has 0 bridgehead atoms. The summed E-state index contributed by atoms with van der Waals surface area (Å²) in [7, 11) is 0. The molecule has 6 heteroatoms. The predicted molar refractivity (Wildman–Crippen MR) is 322 cm³/mol. The van der Waals surface area contributed by atoms with Gasteiger partial charge < -0.3 is 19.4 Å². The van der Waals surface area contributed by atoms with E-state index in [1.54, 1.807) is 0 Å². The van der Waals surface area contributed by atoms with Crippen molar-refractivity contribution in [1.82, 2.24) is 14.7 Å². The van der Waals surface area contributed by atoms with E-state index >= 15 is 0 Å². The van der Waals surface area contributed by atoms with Gasteiger partial charge >= 0.3 is 5.97 Å². The summed E-state index contributed by atoms with van der Waals surface area (Å²) in [5.41, 5.74) is 0. The molecule has 1 amide bonds. The third-order valence-corrected chi connectivity index (χ3v) is 16.9. The zero-order valence-corrected chi connectivity index (χ0v) is 50.7. The Kier molecular flexibility index (Phi) is 53.2. The molecule has 0 N–H and O–H groups in total.